The standard InChI is InChI=1S/C12H19N3O2/c1-8-6-10(4-5-17-8)15-11-9(2)12(16-3)14-7-13-11/h7-8,10H,4-6H2,1-3H3,(H,13,14,15). The average Bonchev–Trinajstić information content (AvgIpc) is 2.32. The molecule has 1 aromatic heterocycles. The van der Waals surface area contributed by atoms with E-state index in [4.69, 9.17) is 9.47 Å². The monoisotopic (exact) mass is 237 g/mol. The fourth-order valence-electron chi connectivity index (χ4n) is 2.11. The Kier molecular flexibility index (Phi) is 3.78. The number of methoxy groups -OCH3 is 1. The van der Waals surface area contributed by atoms with Crippen LogP contribution in [0.2, 0.25) is 0 Å². The maximum absolute atomic E-state index is 5.52. The van der Waals surface area contributed by atoms with Crippen molar-refractivity contribution >= 4 is 5.82 Å². The Labute approximate surface area is 102 Å². The van der Waals surface area contributed by atoms with E-state index in [2.05, 4.69) is 22.2 Å². The van der Waals surface area contributed by atoms with Crippen LogP contribution < -0.4 is 10.1 Å². The van der Waals surface area contributed by atoms with Crippen LogP contribution in [-0.2, 0) is 4.74 Å². The number of hydrogen-bond acceptors (Lipinski definition) is 5. The highest BCUT2D eigenvalue weighted by Crippen LogP contribution is 2.23. The van der Waals surface area contributed by atoms with Crippen molar-refractivity contribution in [2.45, 2.75) is 38.8 Å². The number of hydrogen-bond donors (Lipinski definition) is 1. The maximum atomic E-state index is 5.52. The summed E-state index contributed by atoms with van der Waals surface area (Å²) in [6.45, 7) is 4.87. The van der Waals surface area contributed by atoms with Gasteiger partial charge in [-0.25, -0.2) is 9.97 Å². The first-order valence-electron chi connectivity index (χ1n) is 5.94. The van der Waals surface area contributed by atoms with E-state index in [1.54, 1.807) is 7.11 Å². The molecule has 1 aliphatic rings. The third kappa shape index (κ3) is 2.85. The van der Waals surface area contributed by atoms with Crippen LogP contribution in [0.1, 0.15) is 25.3 Å². The van der Waals surface area contributed by atoms with Crippen molar-refractivity contribution in [3.05, 3.63) is 11.9 Å². The molecule has 0 spiro atoms. The first-order chi connectivity index (χ1) is 8.20. The summed E-state index contributed by atoms with van der Waals surface area (Å²) in [5, 5.41) is 3.44. The van der Waals surface area contributed by atoms with Gasteiger partial charge in [0.2, 0.25) is 5.88 Å². The topological polar surface area (TPSA) is 56.3 Å². The number of anilines is 1. The third-order valence-corrected chi connectivity index (χ3v) is 3.06. The Bertz CT molecular complexity index is 384. The summed E-state index contributed by atoms with van der Waals surface area (Å²) in [7, 11) is 1.62. The van der Waals surface area contributed by atoms with Crippen LogP contribution in [0.5, 0.6) is 5.88 Å². The van der Waals surface area contributed by atoms with E-state index in [-0.39, 0.29) is 0 Å². The summed E-state index contributed by atoms with van der Waals surface area (Å²) in [6.07, 6.45) is 3.85. The first-order valence-corrected chi connectivity index (χ1v) is 5.94. The molecule has 0 bridgehead atoms. The van der Waals surface area contributed by atoms with Crippen molar-refractivity contribution < 1.29 is 9.47 Å². The van der Waals surface area contributed by atoms with Crippen LogP contribution in [-0.4, -0.2) is 35.8 Å². The molecule has 2 rings (SSSR count). The van der Waals surface area contributed by atoms with Crippen molar-refractivity contribution in [1.82, 2.24) is 9.97 Å². The second kappa shape index (κ2) is 5.31. The van der Waals surface area contributed by atoms with Gasteiger partial charge in [0.15, 0.2) is 0 Å². The Morgan fingerprint density at radius 3 is 3.00 bits per heavy atom. The van der Waals surface area contributed by atoms with Crippen LogP contribution in [0, 0.1) is 6.92 Å². The zero-order valence-electron chi connectivity index (χ0n) is 10.6. The van der Waals surface area contributed by atoms with Gasteiger partial charge in [0.1, 0.15) is 12.1 Å². The van der Waals surface area contributed by atoms with Crippen LogP contribution in [0.3, 0.4) is 0 Å². The molecule has 2 atom stereocenters. The Morgan fingerprint density at radius 1 is 1.47 bits per heavy atom. The predicted molar refractivity (Wildman–Crippen MR) is 65.4 cm³/mol. The minimum Gasteiger partial charge on any atom is -0.481 e. The molecule has 5 nitrogen and oxygen atoms in total. The largest absolute Gasteiger partial charge is 0.481 e. The zero-order chi connectivity index (χ0) is 12.3. The Hall–Kier alpha value is -1.36. The minimum absolute atomic E-state index is 0.310. The molecule has 5 heteroatoms. The van der Waals surface area contributed by atoms with Crippen molar-refractivity contribution in [1.29, 1.82) is 0 Å². The van der Waals surface area contributed by atoms with Crippen molar-refractivity contribution in [2.24, 2.45) is 0 Å². The Balaban J connectivity index is 2.07. The molecule has 2 unspecified atom stereocenters. The van der Waals surface area contributed by atoms with E-state index in [1.807, 2.05) is 6.92 Å². The molecule has 17 heavy (non-hydrogen) atoms. The van der Waals surface area contributed by atoms with Gasteiger partial charge in [0, 0.05) is 12.6 Å². The van der Waals surface area contributed by atoms with Crippen molar-refractivity contribution in [3.8, 4) is 5.88 Å². The summed E-state index contributed by atoms with van der Waals surface area (Å²) in [5.41, 5.74) is 0.953. The molecule has 0 amide bonds. The van der Waals surface area contributed by atoms with E-state index >= 15 is 0 Å². The van der Waals surface area contributed by atoms with E-state index in [0.717, 1.165) is 30.8 Å². The first kappa shape index (κ1) is 12.1. The quantitative estimate of drug-likeness (QED) is 0.868. The lowest BCUT2D eigenvalue weighted by Gasteiger charge is -2.28. The molecule has 0 aliphatic carbocycles. The van der Waals surface area contributed by atoms with Gasteiger partial charge in [-0.2, -0.15) is 0 Å². The average molecular weight is 237 g/mol. The molecule has 1 fully saturated rings. The summed E-state index contributed by atoms with van der Waals surface area (Å²) in [5.74, 6) is 1.48. The van der Waals surface area contributed by atoms with Crippen LogP contribution in [0.4, 0.5) is 5.82 Å². The smallest absolute Gasteiger partial charge is 0.221 e. The lowest BCUT2D eigenvalue weighted by molar-refractivity contribution is 0.0231. The van der Waals surface area contributed by atoms with Gasteiger partial charge < -0.3 is 14.8 Å². The fourth-order valence-corrected chi connectivity index (χ4v) is 2.11. The van der Waals surface area contributed by atoms with E-state index in [9.17, 15) is 0 Å². The second-order valence-corrected chi connectivity index (χ2v) is 4.40. The van der Waals surface area contributed by atoms with Crippen molar-refractivity contribution in [3.63, 3.8) is 0 Å². The molecule has 0 aromatic carbocycles. The minimum atomic E-state index is 0.310. The number of nitrogens with one attached hydrogen (secondary N) is 1. The van der Waals surface area contributed by atoms with Crippen molar-refractivity contribution in [2.75, 3.05) is 19.0 Å². The fraction of sp³-hybridized carbons (Fsp3) is 0.667. The molecular formula is C12H19N3O2. The van der Waals surface area contributed by atoms with E-state index < -0.39 is 0 Å². The molecule has 0 radical (unpaired) electrons. The van der Waals surface area contributed by atoms with Crippen LogP contribution in [0.15, 0.2) is 6.33 Å². The highest BCUT2D eigenvalue weighted by Gasteiger charge is 2.20. The van der Waals surface area contributed by atoms with Gasteiger partial charge >= 0.3 is 0 Å². The van der Waals surface area contributed by atoms with E-state index in [1.165, 1.54) is 6.33 Å². The van der Waals surface area contributed by atoms with Crippen LogP contribution in [0.25, 0.3) is 0 Å². The molecule has 1 aliphatic heterocycles. The maximum Gasteiger partial charge on any atom is 0.221 e. The Morgan fingerprint density at radius 2 is 2.29 bits per heavy atom. The van der Waals surface area contributed by atoms with Crippen LogP contribution >= 0.6 is 0 Å². The third-order valence-electron chi connectivity index (χ3n) is 3.06. The molecule has 1 N–H and O–H groups in total. The normalized spacial score (nSPS) is 24.4. The summed E-state index contributed by atoms with van der Waals surface area (Å²) >= 11 is 0. The number of rotatable bonds is 3. The summed E-state index contributed by atoms with van der Waals surface area (Å²) in [6, 6.07) is 0.414. The number of nitrogens with zero attached hydrogens (tertiary/aromatic N) is 2. The summed E-state index contributed by atoms with van der Waals surface area (Å²) < 4.78 is 10.7. The zero-order valence-corrected chi connectivity index (χ0v) is 10.6. The molecule has 0 saturated carbocycles. The summed E-state index contributed by atoms with van der Waals surface area (Å²) in [4.78, 5) is 8.33. The highest BCUT2D eigenvalue weighted by molar-refractivity contribution is 5.48. The second-order valence-electron chi connectivity index (χ2n) is 4.40. The van der Waals surface area contributed by atoms with Gasteiger partial charge in [-0.05, 0) is 26.7 Å². The van der Waals surface area contributed by atoms with Gasteiger partial charge in [-0.3, -0.25) is 0 Å². The lowest BCUT2D eigenvalue weighted by Crippen LogP contribution is -2.33. The van der Waals surface area contributed by atoms with E-state index in [0.29, 0.717) is 18.0 Å². The van der Waals surface area contributed by atoms with Gasteiger partial charge in [0.05, 0.1) is 18.8 Å². The van der Waals surface area contributed by atoms with Gasteiger partial charge in [0.25, 0.3) is 0 Å². The van der Waals surface area contributed by atoms with Gasteiger partial charge in [-0.1, -0.05) is 0 Å². The number of aromatic nitrogens is 2. The molecule has 1 saturated heterocycles. The number of ether oxygens (including phenoxy) is 2. The molecule has 94 valence electrons. The SMILES string of the molecule is COc1ncnc(NC2CCOC(C)C2)c1C. The molecule has 1 aromatic rings. The highest BCUT2D eigenvalue weighted by atomic mass is 16.5. The molecular weight excluding hydrogens is 218 g/mol. The predicted octanol–water partition coefficient (Wildman–Crippen LogP) is 1.77. The van der Waals surface area contributed by atoms with Gasteiger partial charge in [-0.15, -0.1) is 0 Å². The molecule has 2 heterocycles. The lowest BCUT2D eigenvalue weighted by atomic mass is 10.0.